The molecule has 5 rings (SSSR count). The van der Waals surface area contributed by atoms with Crippen LogP contribution in [0, 0.1) is 29.1 Å². The molecule has 0 unspecified atom stereocenters. The molecule has 1 aromatic carbocycles. The molecule has 152 valence electrons. The lowest BCUT2D eigenvalue weighted by Gasteiger charge is -2.67. The number of hydrogen-bond donors (Lipinski definition) is 2. The van der Waals surface area contributed by atoms with Gasteiger partial charge >= 0.3 is 0 Å². The second-order valence-electron chi connectivity index (χ2n) is 10.2. The molecule has 3 fully saturated rings. The Hall–Kier alpha value is -2.04. The topological polar surface area (TPSA) is 83.8 Å². The molecule has 5 heteroatoms. The Kier molecular flexibility index (Phi) is 4.12. The summed E-state index contributed by atoms with van der Waals surface area (Å²) < 4.78 is 6.45. The van der Waals surface area contributed by atoms with Gasteiger partial charge in [-0.15, -0.1) is 0 Å². The number of ketones is 1. The number of Topliss-reactive ketones (excluding diaryl/α,β-unsaturated/α-hetero) is 1. The fraction of sp³-hybridized carbons (Fsp3) is 0.652. The van der Waals surface area contributed by atoms with Gasteiger partial charge in [0.25, 0.3) is 0 Å². The molecule has 0 aromatic heterocycles. The molecule has 0 amide bonds. The van der Waals surface area contributed by atoms with Crippen molar-refractivity contribution in [1.82, 2.24) is 0 Å². The minimum atomic E-state index is -0.458. The van der Waals surface area contributed by atoms with Crippen molar-refractivity contribution in [2.24, 2.45) is 29.1 Å². The van der Waals surface area contributed by atoms with E-state index in [1.807, 2.05) is 13.8 Å². The summed E-state index contributed by atoms with van der Waals surface area (Å²) in [7, 11) is 0. The molecule has 0 saturated heterocycles. The summed E-state index contributed by atoms with van der Waals surface area (Å²) in [5.74, 6) is 0.525. The summed E-state index contributed by atoms with van der Waals surface area (Å²) in [6, 6.07) is 0. The lowest BCUT2D eigenvalue weighted by Crippen LogP contribution is -2.67. The zero-order valence-corrected chi connectivity index (χ0v) is 17.3. The number of benzene rings is 1. The molecule has 0 spiro atoms. The van der Waals surface area contributed by atoms with E-state index in [4.69, 9.17) is 4.74 Å². The zero-order chi connectivity index (χ0) is 20.6. The average molecular weight is 386 g/mol. The third kappa shape index (κ3) is 2.37. The number of carbonyl (C=O) groups excluding carboxylic acids is 2. The number of phenolic OH excluding ortho intramolecular Hbond substituents is 2. The van der Waals surface area contributed by atoms with E-state index < -0.39 is 11.4 Å². The van der Waals surface area contributed by atoms with E-state index >= 15 is 0 Å². The van der Waals surface area contributed by atoms with Gasteiger partial charge in [0.1, 0.15) is 28.4 Å². The summed E-state index contributed by atoms with van der Waals surface area (Å²) in [6.45, 7) is 10.4. The summed E-state index contributed by atoms with van der Waals surface area (Å²) >= 11 is 0. The van der Waals surface area contributed by atoms with Gasteiger partial charge in [0, 0.05) is 23.8 Å². The highest BCUT2D eigenvalue weighted by atomic mass is 16.5. The van der Waals surface area contributed by atoms with Crippen molar-refractivity contribution in [3.8, 4) is 17.2 Å². The summed E-state index contributed by atoms with van der Waals surface area (Å²) in [6.07, 6.45) is 3.41. The predicted octanol–water partition coefficient (Wildman–Crippen LogP) is 4.51. The fourth-order valence-electron chi connectivity index (χ4n) is 6.08. The smallest absolute Gasteiger partial charge is 0.170 e. The fourth-order valence-corrected chi connectivity index (χ4v) is 6.08. The molecule has 1 aliphatic heterocycles. The molecule has 28 heavy (non-hydrogen) atoms. The van der Waals surface area contributed by atoms with E-state index in [2.05, 4.69) is 20.8 Å². The van der Waals surface area contributed by atoms with Crippen molar-refractivity contribution in [2.45, 2.75) is 65.9 Å². The van der Waals surface area contributed by atoms with E-state index in [1.165, 1.54) is 0 Å². The molecule has 1 aromatic rings. The highest BCUT2D eigenvalue weighted by Crippen LogP contribution is 2.67. The Balaban J connectivity index is 1.84. The van der Waals surface area contributed by atoms with Crippen LogP contribution in [0.15, 0.2) is 0 Å². The molecular weight excluding hydrogens is 356 g/mol. The largest absolute Gasteiger partial charge is 0.507 e. The van der Waals surface area contributed by atoms with Crippen LogP contribution in [0.3, 0.4) is 0 Å². The van der Waals surface area contributed by atoms with Crippen LogP contribution in [0.1, 0.15) is 80.2 Å². The third-order valence-corrected chi connectivity index (χ3v) is 7.84. The van der Waals surface area contributed by atoms with Crippen molar-refractivity contribution in [2.75, 3.05) is 0 Å². The highest BCUT2D eigenvalue weighted by Gasteiger charge is 2.65. The molecule has 5 nitrogen and oxygen atoms in total. The lowest BCUT2D eigenvalue weighted by atomic mass is 9.41. The van der Waals surface area contributed by atoms with Crippen LogP contribution in [0.4, 0.5) is 0 Å². The number of rotatable bonds is 4. The van der Waals surface area contributed by atoms with Crippen molar-refractivity contribution in [3.05, 3.63) is 16.7 Å². The zero-order valence-electron chi connectivity index (χ0n) is 17.3. The first kappa shape index (κ1) is 19.3. The van der Waals surface area contributed by atoms with Crippen LogP contribution >= 0.6 is 0 Å². The molecular formula is C23H30O5. The van der Waals surface area contributed by atoms with Crippen molar-refractivity contribution in [3.63, 3.8) is 0 Å². The quantitative estimate of drug-likeness (QED) is 0.587. The van der Waals surface area contributed by atoms with Crippen molar-refractivity contribution < 1.29 is 24.5 Å². The maximum absolute atomic E-state index is 12.7. The van der Waals surface area contributed by atoms with Gasteiger partial charge in [0.2, 0.25) is 0 Å². The Labute approximate surface area is 166 Å². The van der Waals surface area contributed by atoms with Gasteiger partial charge in [0.15, 0.2) is 12.1 Å². The minimum Gasteiger partial charge on any atom is -0.507 e. The van der Waals surface area contributed by atoms with E-state index in [0.29, 0.717) is 30.1 Å². The second-order valence-corrected chi connectivity index (χ2v) is 10.2. The maximum atomic E-state index is 12.7. The molecule has 4 aliphatic rings. The first-order chi connectivity index (χ1) is 13.0. The number of aldehydes is 1. The molecule has 0 radical (unpaired) electrons. The number of fused-ring (bicyclic) bond motifs is 1. The SMILES string of the molecule is CC(C)CC(=O)c1c(O)c(C=O)c2c(c1O)C[C@H]1C[C@H]3C[C@@H](C3(C)C)[C@@]1(C)O2. The Morgan fingerprint density at radius 3 is 2.43 bits per heavy atom. The highest BCUT2D eigenvalue weighted by molar-refractivity contribution is 6.05. The van der Waals surface area contributed by atoms with E-state index in [9.17, 15) is 19.8 Å². The standard InChI is InChI=1S/C23H30O5/c1-11(2)6-16(25)18-19(26)14-8-13-7-12-9-17(22(12,3)4)23(13,5)28-21(14)15(10-24)20(18)27/h10-13,17,26-27H,6-9H2,1-5H3/t12-,13+,17-,23-/m0/s1. The van der Waals surface area contributed by atoms with Crippen LogP contribution in [0.25, 0.3) is 0 Å². The van der Waals surface area contributed by atoms with Gasteiger partial charge in [-0.05, 0) is 43.4 Å². The number of carbonyl (C=O) groups is 2. The van der Waals surface area contributed by atoms with Crippen LogP contribution in [0.2, 0.25) is 0 Å². The van der Waals surface area contributed by atoms with Crippen LogP contribution in [0.5, 0.6) is 17.2 Å². The molecule has 3 aliphatic carbocycles. The van der Waals surface area contributed by atoms with Gasteiger partial charge in [-0.25, -0.2) is 0 Å². The molecule has 2 bridgehead atoms. The molecule has 4 atom stereocenters. The first-order valence-electron chi connectivity index (χ1n) is 10.3. The third-order valence-electron chi connectivity index (χ3n) is 7.84. The minimum absolute atomic E-state index is 0.0150. The molecule has 3 saturated carbocycles. The monoisotopic (exact) mass is 386 g/mol. The summed E-state index contributed by atoms with van der Waals surface area (Å²) in [5, 5.41) is 21.6. The Bertz CT molecular complexity index is 868. The lowest BCUT2D eigenvalue weighted by molar-refractivity contribution is -0.217. The van der Waals surface area contributed by atoms with Crippen molar-refractivity contribution >= 4 is 12.1 Å². The van der Waals surface area contributed by atoms with Crippen molar-refractivity contribution in [1.29, 1.82) is 0 Å². The van der Waals surface area contributed by atoms with Crippen LogP contribution in [-0.2, 0) is 6.42 Å². The van der Waals surface area contributed by atoms with E-state index in [1.54, 1.807) is 0 Å². The van der Waals surface area contributed by atoms with Crippen LogP contribution in [-0.4, -0.2) is 27.9 Å². The number of ether oxygens (including phenoxy) is 1. The first-order valence-corrected chi connectivity index (χ1v) is 10.3. The maximum Gasteiger partial charge on any atom is 0.170 e. The van der Waals surface area contributed by atoms with E-state index in [0.717, 1.165) is 12.8 Å². The molecule has 1 heterocycles. The summed E-state index contributed by atoms with van der Waals surface area (Å²) in [4.78, 5) is 24.5. The normalized spacial score (nSPS) is 32.0. The van der Waals surface area contributed by atoms with Gasteiger partial charge in [-0.1, -0.05) is 27.7 Å². The van der Waals surface area contributed by atoms with Gasteiger partial charge in [-0.3, -0.25) is 9.59 Å². The van der Waals surface area contributed by atoms with Gasteiger partial charge in [0.05, 0.1) is 5.56 Å². The Morgan fingerprint density at radius 2 is 1.86 bits per heavy atom. The number of phenols is 2. The average Bonchev–Trinajstić information content (AvgIpc) is 2.59. The van der Waals surface area contributed by atoms with Gasteiger partial charge < -0.3 is 14.9 Å². The molecule has 2 N–H and O–H groups in total. The van der Waals surface area contributed by atoms with Crippen LogP contribution < -0.4 is 4.74 Å². The number of hydrogen-bond acceptors (Lipinski definition) is 5. The van der Waals surface area contributed by atoms with E-state index in [-0.39, 0.29) is 52.1 Å². The Morgan fingerprint density at radius 1 is 1.18 bits per heavy atom. The van der Waals surface area contributed by atoms with Gasteiger partial charge in [-0.2, -0.15) is 0 Å². The number of aromatic hydroxyl groups is 2. The second kappa shape index (κ2) is 5.98. The summed E-state index contributed by atoms with van der Waals surface area (Å²) in [5.41, 5.74) is 0.0858. The predicted molar refractivity (Wildman–Crippen MR) is 105 cm³/mol.